The van der Waals surface area contributed by atoms with E-state index in [1.54, 1.807) is 6.08 Å². The summed E-state index contributed by atoms with van der Waals surface area (Å²) in [6, 6.07) is 9.76. The van der Waals surface area contributed by atoms with Gasteiger partial charge in [0.1, 0.15) is 6.61 Å². The lowest BCUT2D eigenvalue weighted by Gasteiger charge is -2.26. The predicted octanol–water partition coefficient (Wildman–Crippen LogP) is 15.7. The summed E-state index contributed by atoms with van der Waals surface area (Å²) in [4.78, 5) is 28.4. The maximum absolute atomic E-state index is 13.8. The first kappa shape index (κ1) is 49.9. The highest BCUT2D eigenvalue weighted by molar-refractivity contribution is 5.81. The first-order valence-electron chi connectivity index (χ1n) is 23.7. The number of esters is 1. The van der Waals surface area contributed by atoms with Crippen LogP contribution >= 0.6 is 0 Å². The van der Waals surface area contributed by atoms with Gasteiger partial charge < -0.3 is 9.64 Å². The summed E-state index contributed by atoms with van der Waals surface area (Å²) in [5, 5.41) is 0. The van der Waals surface area contributed by atoms with Crippen molar-refractivity contribution in [1.82, 2.24) is 4.90 Å². The first-order valence-corrected chi connectivity index (χ1v) is 23.7. The second-order valence-electron chi connectivity index (χ2n) is 16.5. The van der Waals surface area contributed by atoms with Gasteiger partial charge in [0.15, 0.2) is 0 Å². The van der Waals surface area contributed by atoms with Crippen LogP contribution in [0, 0.1) is 5.92 Å². The number of nitrogens with zero attached hydrogens (tertiary/aromatic N) is 1. The average molecular weight is 752 g/mol. The minimum atomic E-state index is -0.337. The third kappa shape index (κ3) is 31.1. The van der Waals surface area contributed by atoms with Crippen molar-refractivity contribution in [2.45, 2.75) is 239 Å². The van der Waals surface area contributed by atoms with Crippen LogP contribution in [0.1, 0.15) is 238 Å². The number of hydrogen-bond acceptors (Lipinski definition) is 3. The Balaban J connectivity index is 2.31. The minimum Gasteiger partial charge on any atom is -0.461 e. The Morgan fingerprint density at radius 3 is 1.20 bits per heavy atom. The van der Waals surface area contributed by atoms with Crippen LogP contribution in [-0.4, -0.2) is 29.9 Å². The van der Waals surface area contributed by atoms with Gasteiger partial charge in [-0.2, -0.15) is 0 Å². The van der Waals surface area contributed by atoms with Crippen LogP contribution in [0.15, 0.2) is 43.0 Å². The number of carbonyl (C=O) groups excluding carboxylic acids is 2. The van der Waals surface area contributed by atoms with Crippen LogP contribution in [-0.2, 0) is 20.9 Å². The monoisotopic (exact) mass is 752 g/mol. The Hall–Kier alpha value is -2.10. The topological polar surface area (TPSA) is 46.6 Å². The molecule has 0 aromatic heterocycles. The fraction of sp³-hybridized carbons (Fsp3) is 0.800. The van der Waals surface area contributed by atoms with Crippen molar-refractivity contribution >= 4 is 11.9 Å². The molecule has 0 spiro atoms. The Kier molecular flexibility index (Phi) is 36.2. The predicted molar refractivity (Wildman–Crippen MR) is 235 cm³/mol. The fourth-order valence-corrected chi connectivity index (χ4v) is 7.69. The van der Waals surface area contributed by atoms with Gasteiger partial charge in [-0.1, -0.05) is 243 Å². The maximum atomic E-state index is 13.8. The number of unbranched alkanes of at least 4 members (excludes halogenated alkanes) is 30. The van der Waals surface area contributed by atoms with Gasteiger partial charge in [0.2, 0.25) is 5.91 Å². The van der Waals surface area contributed by atoms with Gasteiger partial charge in [-0.05, 0) is 24.8 Å². The third-order valence-corrected chi connectivity index (χ3v) is 11.4. The molecule has 0 saturated carbocycles. The number of ether oxygens (including phenoxy) is 1. The number of benzene rings is 1. The molecule has 1 atom stereocenters. The summed E-state index contributed by atoms with van der Waals surface area (Å²) < 4.78 is 5.49. The molecule has 0 aliphatic heterocycles. The van der Waals surface area contributed by atoms with E-state index in [-0.39, 0.29) is 30.8 Å². The van der Waals surface area contributed by atoms with Crippen molar-refractivity contribution in [1.29, 1.82) is 0 Å². The molecular formula is C50H89NO3. The van der Waals surface area contributed by atoms with E-state index in [9.17, 15) is 9.59 Å². The third-order valence-electron chi connectivity index (χ3n) is 11.4. The van der Waals surface area contributed by atoms with Crippen molar-refractivity contribution in [2.75, 3.05) is 13.1 Å². The molecule has 312 valence electrons. The molecule has 4 nitrogen and oxygen atoms in total. The normalized spacial score (nSPS) is 11.8. The van der Waals surface area contributed by atoms with Gasteiger partial charge in [-0.15, -0.1) is 6.58 Å². The molecule has 0 saturated heterocycles. The van der Waals surface area contributed by atoms with Crippen molar-refractivity contribution in [3.63, 3.8) is 0 Å². The summed E-state index contributed by atoms with van der Waals surface area (Å²) >= 11 is 0. The molecule has 0 fully saturated rings. The number of amides is 1. The Bertz CT molecular complexity index is 926. The van der Waals surface area contributed by atoms with E-state index in [2.05, 4.69) is 25.3 Å². The molecule has 54 heavy (non-hydrogen) atoms. The van der Waals surface area contributed by atoms with Crippen molar-refractivity contribution in [3.8, 4) is 0 Å². The Morgan fingerprint density at radius 2 is 0.870 bits per heavy atom. The molecule has 0 aliphatic rings. The van der Waals surface area contributed by atoms with Crippen molar-refractivity contribution in [2.24, 2.45) is 5.92 Å². The molecule has 0 bridgehead atoms. The lowest BCUT2D eigenvalue weighted by Crippen LogP contribution is -2.37. The highest BCUT2D eigenvalue weighted by atomic mass is 16.5. The highest BCUT2D eigenvalue weighted by Crippen LogP contribution is 2.19. The van der Waals surface area contributed by atoms with Gasteiger partial charge in [0.05, 0.1) is 5.92 Å². The zero-order valence-corrected chi connectivity index (χ0v) is 36.1. The van der Waals surface area contributed by atoms with Gasteiger partial charge in [-0.25, -0.2) is 0 Å². The Morgan fingerprint density at radius 1 is 0.537 bits per heavy atom. The summed E-state index contributed by atoms with van der Waals surface area (Å²) in [5.41, 5.74) is 0.978. The second kappa shape index (κ2) is 39.1. The highest BCUT2D eigenvalue weighted by Gasteiger charge is 2.22. The molecule has 4 heteroatoms. The van der Waals surface area contributed by atoms with E-state index in [1.165, 1.54) is 193 Å². The second-order valence-corrected chi connectivity index (χ2v) is 16.5. The number of rotatable bonds is 41. The molecule has 0 aliphatic carbocycles. The molecular weight excluding hydrogens is 663 g/mol. The van der Waals surface area contributed by atoms with Crippen LogP contribution in [0.25, 0.3) is 0 Å². The molecule has 1 rings (SSSR count). The minimum absolute atomic E-state index is 0.141. The van der Waals surface area contributed by atoms with Gasteiger partial charge in [-0.3, -0.25) is 9.59 Å². The summed E-state index contributed by atoms with van der Waals surface area (Å²) in [5.74, 6) is -0.445. The summed E-state index contributed by atoms with van der Waals surface area (Å²) in [6.07, 6.45) is 45.7. The molecule has 1 amide bonds. The van der Waals surface area contributed by atoms with Crippen LogP contribution in [0.4, 0.5) is 0 Å². The van der Waals surface area contributed by atoms with Crippen molar-refractivity contribution < 1.29 is 14.3 Å². The fourth-order valence-electron chi connectivity index (χ4n) is 7.69. The maximum Gasteiger partial charge on any atom is 0.306 e. The summed E-state index contributed by atoms with van der Waals surface area (Å²) in [6.45, 7) is 10.5. The summed E-state index contributed by atoms with van der Waals surface area (Å²) in [7, 11) is 0. The van der Waals surface area contributed by atoms with Crippen LogP contribution in [0.3, 0.4) is 0 Å². The van der Waals surface area contributed by atoms with Crippen LogP contribution in [0.5, 0.6) is 0 Å². The van der Waals surface area contributed by atoms with E-state index in [4.69, 9.17) is 4.74 Å². The van der Waals surface area contributed by atoms with E-state index in [0.29, 0.717) is 6.42 Å². The van der Waals surface area contributed by atoms with Gasteiger partial charge >= 0.3 is 5.97 Å². The number of carbonyl (C=O) groups is 2. The van der Waals surface area contributed by atoms with Crippen LogP contribution < -0.4 is 0 Å². The van der Waals surface area contributed by atoms with E-state index in [1.807, 2.05) is 30.3 Å². The molecule has 0 N–H and O–H groups in total. The smallest absolute Gasteiger partial charge is 0.306 e. The lowest BCUT2D eigenvalue weighted by atomic mass is 10.0. The quantitative estimate of drug-likeness (QED) is 0.0380. The Labute approximate surface area is 336 Å². The molecule has 0 radical (unpaired) electrons. The first-order chi connectivity index (χ1) is 26.6. The van der Waals surface area contributed by atoms with E-state index >= 15 is 0 Å². The van der Waals surface area contributed by atoms with Crippen LogP contribution in [0.2, 0.25) is 0 Å². The molecule has 0 heterocycles. The molecule has 1 unspecified atom stereocenters. The number of hydrogen-bond donors (Lipinski definition) is 0. The SMILES string of the molecule is C=CC(CCC(=O)OCc1ccccc1)C(=O)N(CCCCCCCCCCCCCCCCCC)CCCCCCCCCCCCCCCCCC. The van der Waals surface area contributed by atoms with E-state index < -0.39 is 0 Å². The zero-order valence-electron chi connectivity index (χ0n) is 36.1. The lowest BCUT2D eigenvalue weighted by molar-refractivity contribution is -0.145. The van der Waals surface area contributed by atoms with Gasteiger partial charge in [0, 0.05) is 19.5 Å². The van der Waals surface area contributed by atoms with Gasteiger partial charge in [0.25, 0.3) is 0 Å². The van der Waals surface area contributed by atoms with Crippen molar-refractivity contribution in [3.05, 3.63) is 48.6 Å². The largest absolute Gasteiger partial charge is 0.461 e. The average Bonchev–Trinajstić information content (AvgIpc) is 3.19. The zero-order chi connectivity index (χ0) is 39.0. The van der Waals surface area contributed by atoms with E-state index in [0.717, 1.165) is 31.5 Å². The molecule has 1 aromatic rings. The standard InChI is InChI=1S/C50H89NO3/c1-4-7-9-11-13-15-17-19-21-23-25-27-29-31-33-38-44-51(45-39-34-32-30-28-26-24-22-20-18-16-14-12-10-8-5-2)50(53)48(6-3)42-43-49(52)54-46-47-40-36-35-37-41-47/h6,35-37,40-41,48H,3-5,7-34,38-39,42-46H2,1-2H3. The molecule has 1 aromatic carbocycles.